The second-order valence-electron chi connectivity index (χ2n) is 6.01. The Morgan fingerprint density at radius 2 is 2.18 bits per heavy atom. The lowest BCUT2D eigenvalue weighted by Gasteiger charge is -2.19. The van der Waals surface area contributed by atoms with Gasteiger partial charge in [0.2, 0.25) is 5.91 Å². The molecule has 1 amide bonds. The third kappa shape index (κ3) is 4.22. The Morgan fingerprint density at radius 3 is 2.77 bits per heavy atom. The van der Waals surface area contributed by atoms with Crippen LogP contribution in [0.4, 0.5) is 0 Å². The number of sulfone groups is 1. The van der Waals surface area contributed by atoms with E-state index in [1.807, 2.05) is 32.0 Å². The topological polar surface area (TPSA) is 72.5 Å². The largest absolute Gasteiger partial charge is 0.496 e. The van der Waals surface area contributed by atoms with Crippen molar-refractivity contribution in [2.45, 2.75) is 32.7 Å². The third-order valence-corrected chi connectivity index (χ3v) is 5.87. The fraction of sp³-hybridized carbons (Fsp3) is 0.562. The maximum absolute atomic E-state index is 12.1. The first-order chi connectivity index (χ1) is 10.3. The van der Waals surface area contributed by atoms with Crippen LogP contribution in [0.1, 0.15) is 36.9 Å². The molecule has 0 spiro atoms. The maximum atomic E-state index is 12.1. The van der Waals surface area contributed by atoms with Crippen molar-refractivity contribution in [3.63, 3.8) is 0 Å². The highest BCUT2D eigenvalue weighted by molar-refractivity contribution is 7.91. The molecule has 1 aliphatic rings. The van der Waals surface area contributed by atoms with Gasteiger partial charge < -0.3 is 10.1 Å². The molecule has 1 fully saturated rings. The summed E-state index contributed by atoms with van der Waals surface area (Å²) in [6.07, 6.45) is 0.843. The number of amides is 1. The maximum Gasteiger partial charge on any atom is 0.220 e. The van der Waals surface area contributed by atoms with E-state index in [9.17, 15) is 13.2 Å². The van der Waals surface area contributed by atoms with Gasteiger partial charge in [-0.2, -0.15) is 0 Å². The molecular weight excluding hydrogens is 302 g/mol. The minimum atomic E-state index is -2.94. The standard InChI is InChI=1S/C16H23NO4S/c1-11-4-5-15(21-3)14(8-11)12(2)17-16(18)9-13-6-7-22(19,20)10-13/h4-5,8,12-13H,6-7,9-10H2,1-3H3,(H,17,18)/t12-,13+/m1/s1. The van der Waals surface area contributed by atoms with Crippen LogP contribution in [-0.2, 0) is 14.6 Å². The zero-order valence-electron chi connectivity index (χ0n) is 13.3. The SMILES string of the molecule is COc1ccc(C)cc1[C@@H](C)NC(=O)C[C@@H]1CCS(=O)(=O)C1. The van der Waals surface area contributed by atoms with Crippen molar-refractivity contribution < 1.29 is 17.9 Å². The number of hydrogen-bond acceptors (Lipinski definition) is 4. The van der Waals surface area contributed by atoms with Crippen molar-refractivity contribution in [2.75, 3.05) is 18.6 Å². The molecule has 0 aliphatic carbocycles. The Hall–Kier alpha value is -1.56. The highest BCUT2D eigenvalue weighted by Crippen LogP contribution is 2.27. The average Bonchev–Trinajstić information content (AvgIpc) is 2.77. The van der Waals surface area contributed by atoms with Crippen molar-refractivity contribution in [2.24, 2.45) is 5.92 Å². The number of hydrogen-bond donors (Lipinski definition) is 1. The predicted molar refractivity (Wildman–Crippen MR) is 85.7 cm³/mol. The van der Waals surface area contributed by atoms with Gasteiger partial charge in [0.05, 0.1) is 24.7 Å². The summed E-state index contributed by atoms with van der Waals surface area (Å²) < 4.78 is 28.2. The van der Waals surface area contributed by atoms with Crippen molar-refractivity contribution in [1.29, 1.82) is 0 Å². The van der Waals surface area contributed by atoms with Gasteiger partial charge in [-0.15, -0.1) is 0 Å². The molecule has 1 aliphatic heterocycles. The summed E-state index contributed by atoms with van der Waals surface area (Å²) in [5, 5.41) is 2.94. The van der Waals surface area contributed by atoms with Gasteiger partial charge in [0, 0.05) is 12.0 Å². The van der Waals surface area contributed by atoms with Crippen LogP contribution < -0.4 is 10.1 Å². The lowest BCUT2D eigenvalue weighted by Crippen LogP contribution is -2.29. The van der Waals surface area contributed by atoms with E-state index >= 15 is 0 Å². The van der Waals surface area contributed by atoms with E-state index in [4.69, 9.17) is 4.74 Å². The molecule has 22 heavy (non-hydrogen) atoms. The van der Waals surface area contributed by atoms with Gasteiger partial charge in [-0.1, -0.05) is 17.7 Å². The molecule has 1 N–H and O–H groups in total. The summed E-state index contributed by atoms with van der Waals surface area (Å²) in [5.74, 6) is 0.894. The van der Waals surface area contributed by atoms with Crippen LogP contribution in [0.2, 0.25) is 0 Å². The van der Waals surface area contributed by atoms with Crippen molar-refractivity contribution in [1.82, 2.24) is 5.32 Å². The van der Waals surface area contributed by atoms with Crippen LogP contribution in [0.15, 0.2) is 18.2 Å². The van der Waals surface area contributed by atoms with E-state index in [2.05, 4.69) is 5.32 Å². The van der Waals surface area contributed by atoms with Crippen LogP contribution in [0, 0.1) is 12.8 Å². The lowest BCUT2D eigenvalue weighted by molar-refractivity contribution is -0.122. The Balaban J connectivity index is 1.98. The number of carbonyl (C=O) groups excluding carboxylic acids is 1. The Kier molecular flexibility index (Phi) is 5.11. The van der Waals surface area contributed by atoms with E-state index in [0.29, 0.717) is 6.42 Å². The van der Waals surface area contributed by atoms with E-state index < -0.39 is 9.84 Å². The minimum absolute atomic E-state index is 0.0587. The number of benzene rings is 1. The average molecular weight is 325 g/mol. The minimum Gasteiger partial charge on any atom is -0.496 e. The van der Waals surface area contributed by atoms with Crippen molar-refractivity contribution >= 4 is 15.7 Å². The summed E-state index contributed by atoms with van der Waals surface area (Å²) in [7, 11) is -1.33. The number of rotatable bonds is 5. The molecule has 2 rings (SSSR count). The van der Waals surface area contributed by atoms with Crippen LogP contribution in [-0.4, -0.2) is 32.9 Å². The molecule has 0 unspecified atom stereocenters. The summed E-state index contributed by atoms with van der Waals surface area (Å²) in [5.41, 5.74) is 2.02. The molecule has 122 valence electrons. The summed E-state index contributed by atoms with van der Waals surface area (Å²) in [6.45, 7) is 3.89. The smallest absolute Gasteiger partial charge is 0.220 e. The van der Waals surface area contributed by atoms with Crippen LogP contribution in [0.25, 0.3) is 0 Å². The van der Waals surface area contributed by atoms with Gasteiger partial charge in [0.15, 0.2) is 9.84 Å². The zero-order valence-corrected chi connectivity index (χ0v) is 14.1. The predicted octanol–water partition coefficient (Wildman–Crippen LogP) is 2.01. The number of carbonyl (C=O) groups is 1. The summed E-state index contributed by atoms with van der Waals surface area (Å²) in [6, 6.07) is 5.65. The molecule has 0 aromatic heterocycles. The lowest BCUT2D eigenvalue weighted by atomic mass is 10.0. The second kappa shape index (κ2) is 6.69. The highest BCUT2D eigenvalue weighted by Gasteiger charge is 2.29. The van der Waals surface area contributed by atoms with E-state index in [0.717, 1.165) is 16.9 Å². The fourth-order valence-corrected chi connectivity index (χ4v) is 4.73. The molecular formula is C16H23NO4S. The molecule has 1 aromatic carbocycles. The van der Waals surface area contributed by atoms with Crippen LogP contribution in [0.3, 0.4) is 0 Å². The number of aryl methyl sites for hydroxylation is 1. The van der Waals surface area contributed by atoms with Gasteiger partial charge in [0.25, 0.3) is 0 Å². The highest BCUT2D eigenvalue weighted by atomic mass is 32.2. The number of nitrogens with one attached hydrogen (secondary N) is 1. The van der Waals surface area contributed by atoms with E-state index in [-0.39, 0.29) is 35.8 Å². The quantitative estimate of drug-likeness (QED) is 0.899. The first kappa shape index (κ1) is 16.8. The monoisotopic (exact) mass is 325 g/mol. The molecule has 0 saturated carbocycles. The second-order valence-corrected chi connectivity index (χ2v) is 8.24. The fourth-order valence-electron chi connectivity index (χ4n) is 2.87. The van der Waals surface area contributed by atoms with Crippen LogP contribution >= 0.6 is 0 Å². The Morgan fingerprint density at radius 1 is 1.45 bits per heavy atom. The molecule has 0 bridgehead atoms. The molecule has 0 radical (unpaired) electrons. The molecule has 2 atom stereocenters. The Bertz CT molecular complexity index is 654. The molecule has 1 aromatic rings. The third-order valence-electron chi connectivity index (χ3n) is 4.03. The molecule has 6 heteroatoms. The van der Waals surface area contributed by atoms with Gasteiger partial charge in [0.1, 0.15) is 5.75 Å². The zero-order chi connectivity index (χ0) is 16.3. The van der Waals surface area contributed by atoms with Gasteiger partial charge in [-0.05, 0) is 32.3 Å². The normalized spacial score (nSPS) is 21.3. The number of ether oxygens (including phenoxy) is 1. The van der Waals surface area contributed by atoms with E-state index in [1.165, 1.54) is 0 Å². The van der Waals surface area contributed by atoms with Crippen molar-refractivity contribution in [3.8, 4) is 5.75 Å². The Labute approximate surface area is 132 Å². The van der Waals surface area contributed by atoms with Crippen LogP contribution in [0.5, 0.6) is 5.75 Å². The van der Waals surface area contributed by atoms with Gasteiger partial charge in [-0.25, -0.2) is 8.42 Å². The first-order valence-corrected chi connectivity index (χ1v) is 9.27. The van der Waals surface area contributed by atoms with Gasteiger partial charge in [-0.3, -0.25) is 4.79 Å². The molecule has 5 nitrogen and oxygen atoms in total. The number of methoxy groups -OCH3 is 1. The van der Waals surface area contributed by atoms with Gasteiger partial charge >= 0.3 is 0 Å². The first-order valence-electron chi connectivity index (χ1n) is 7.45. The molecule has 1 saturated heterocycles. The summed E-state index contributed by atoms with van der Waals surface area (Å²) >= 11 is 0. The van der Waals surface area contributed by atoms with E-state index in [1.54, 1.807) is 7.11 Å². The molecule has 1 heterocycles. The van der Waals surface area contributed by atoms with Crippen molar-refractivity contribution in [3.05, 3.63) is 29.3 Å². The summed E-state index contributed by atoms with van der Waals surface area (Å²) in [4.78, 5) is 12.1.